The lowest BCUT2D eigenvalue weighted by molar-refractivity contribution is -0.123. The van der Waals surface area contributed by atoms with Gasteiger partial charge in [-0.1, -0.05) is 13.8 Å². The second-order valence-corrected chi connectivity index (χ2v) is 8.34. The normalized spacial score (nSPS) is 16.1. The van der Waals surface area contributed by atoms with Gasteiger partial charge in [0.25, 0.3) is 0 Å². The van der Waals surface area contributed by atoms with Crippen molar-refractivity contribution in [3.05, 3.63) is 16.1 Å². The quantitative estimate of drug-likeness (QED) is 0.201. The smallest absolute Gasteiger partial charge is 0.220 e. The molecule has 7 nitrogen and oxygen atoms in total. The predicted octanol–water partition coefficient (Wildman–Crippen LogP) is 2.53. The van der Waals surface area contributed by atoms with Gasteiger partial charge in [0.1, 0.15) is 5.01 Å². The molecule has 2 heterocycles. The molecule has 0 atom stereocenters. The Bertz CT molecular complexity index is 613. The highest BCUT2D eigenvalue weighted by atomic mass is 127. The van der Waals surface area contributed by atoms with Gasteiger partial charge in [-0.25, -0.2) is 4.98 Å². The standard InChI is InChI=1S/C19H34N6OS.HI/c1-14(2)16-13-27-17(24-16)12-23-19(21-3)22-8-4-5-9-25-10-6-15(7-11-25)18(20)26;/h13-15H,4-12H2,1-3H3,(H2,20,26)(H2,21,22,23);1H. The minimum atomic E-state index is -0.143. The molecular weight excluding hydrogens is 487 g/mol. The summed E-state index contributed by atoms with van der Waals surface area (Å²) in [6, 6.07) is 0. The number of primary amides is 1. The number of halogens is 1. The second kappa shape index (κ2) is 13.3. The number of nitrogens with two attached hydrogens (primary N) is 1. The van der Waals surface area contributed by atoms with Crippen LogP contribution in [0.2, 0.25) is 0 Å². The number of thiazole rings is 1. The van der Waals surface area contributed by atoms with E-state index in [2.05, 4.69) is 44.7 Å². The fourth-order valence-electron chi connectivity index (χ4n) is 3.16. The fraction of sp³-hybridized carbons (Fsp3) is 0.737. The molecule has 2 rings (SSSR count). The zero-order valence-electron chi connectivity index (χ0n) is 17.2. The Morgan fingerprint density at radius 1 is 1.36 bits per heavy atom. The maximum absolute atomic E-state index is 11.2. The first-order valence-corrected chi connectivity index (χ1v) is 10.8. The highest BCUT2D eigenvalue weighted by molar-refractivity contribution is 14.0. The summed E-state index contributed by atoms with van der Waals surface area (Å²) in [5.74, 6) is 1.22. The van der Waals surface area contributed by atoms with Crippen LogP contribution in [-0.2, 0) is 11.3 Å². The van der Waals surface area contributed by atoms with Crippen molar-refractivity contribution in [2.45, 2.75) is 52.0 Å². The lowest BCUT2D eigenvalue weighted by Crippen LogP contribution is -2.39. The van der Waals surface area contributed by atoms with Gasteiger partial charge in [-0.3, -0.25) is 9.79 Å². The molecular formula is C19H35IN6OS. The first-order valence-electron chi connectivity index (χ1n) is 9.90. The van der Waals surface area contributed by atoms with Crippen LogP contribution in [0.25, 0.3) is 0 Å². The van der Waals surface area contributed by atoms with E-state index in [-0.39, 0.29) is 35.8 Å². The number of hydrogen-bond donors (Lipinski definition) is 3. The maximum Gasteiger partial charge on any atom is 0.220 e. The number of nitrogens with one attached hydrogen (secondary N) is 2. The molecule has 0 saturated carbocycles. The molecule has 1 saturated heterocycles. The van der Waals surface area contributed by atoms with Gasteiger partial charge < -0.3 is 21.3 Å². The van der Waals surface area contributed by atoms with Crippen molar-refractivity contribution in [3.8, 4) is 0 Å². The van der Waals surface area contributed by atoms with Crippen LogP contribution in [0.4, 0.5) is 0 Å². The summed E-state index contributed by atoms with van der Waals surface area (Å²) in [4.78, 5) is 22.5. The third kappa shape index (κ3) is 8.60. The lowest BCUT2D eigenvalue weighted by Gasteiger charge is -2.30. The van der Waals surface area contributed by atoms with Crippen LogP contribution in [0.1, 0.15) is 56.2 Å². The van der Waals surface area contributed by atoms with E-state index in [1.165, 1.54) is 0 Å². The minimum absolute atomic E-state index is 0. The molecule has 28 heavy (non-hydrogen) atoms. The number of guanidine groups is 1. The van der Waals surface area contributed by atoms with Crippen LogP contribution >= 0.6 is 35.3 Å². The van der Waals surface area contributed by atoms with E-state index in [1.54, 1.807) is 18.4 Å². The predicted molar refractivity (Wildman–Crippen MR) is 127 cm³/mol. The highest BCUT2D eigenvalue weighted by Gasteiger charge is 2.22. The Balaban J connectivity index is 0.00000392. The molecule has 0 radical (unpaired) electrons. The first-order chi connectivity index (χ1) is 13.0. The Morgan fingerprint density at radius 2 is 2.07 bits per heavy atom. The molecule has 160 valence electrons. The largest absolute Gasteiger partial charge is 0.369 e. The van der Waals surface area contributed by atoms with E-state index in [0.29, 0.717) is 12.5 Å². The van der Waals surface area contributed by atoms with Gasteiger partial charge in [0.05, 0.1) is 12.2 Å². The summed E-state index contributed by atoms with van der Waals surface area (Å²) in [7, 11) is 1.79. The number of rotatable bonds is 9. The minimum Gasteiger partial charge on any atom is -0.369 e. The van der Waals surface area contributed by atoms with E-state index >= 15 is 0 Å². The van der Waals surface area contributed by atoms with E-state index in [9.17, 15) is 4.79 Å². The van der Waals surface area contributed by atoms with Crippen molar-refractivity contribution in [1.82, 2.24) is 20.5 Å². The number of carbonyl (C=O) groups excluding carboxylic acids is 1. The van der Waals surface area contributed by atoms with E-state index in [1.807, 2.05) is 0 Å². The van der Waals surface area contributed by atoms with Gasteiger partial charge in [0, 0.05) is 24.9 Å². The number of aliphatic imine (C=N–C) groups is 1. The number of piperidine rings is 1. The second-order valence-electron chi connectivity index (χ2n) is 7.40. The summed E-state index contributed by atoms with van der Waals surface area (Å²) < 4.78 is 0. The van der Waals surface area contributed by atoms with Crippen LogP contribution in [0.3, 0.4) is 0 Å². The molecule has 0 bridgehead atoms. The molecule has 4 N–H and O–H groups in total. The Kier molecular flexibility index (Phi) is 11.9. The number of unbranched alkanes of at least 4 members (excludes halogenated alkanes) is 1. The summed E-state index contributed by atoms with van der Waals surface area (Å²) >= 11 is 1.69. The number of carbonyl (C=O) groups is 1. The third-order valence-electron chi connectivity index (χ3n) is 4.98. The monoisotopic (exact) mass is 522 g/mol. The van der Waals surface area contributed by atoms with Gasteiger partial charge >= 0.3 is 0 Å². The summed E-state index contributed by atoms with van der Waals surface area (Å²) in [5.41, 5.74) is 6.54. The molecule has 1 aromatic rings. The molecule has 1 aromatic heterocycles. The fourth-order valence-corrected chi connectivity index (χ4v) is 4.05. The van der Waals surface area contributed by atoms with Crippen LogP contribution in [0.5, 0.6) is 0 Å². The maximum atomic E-state index is 11.2. The zero-order valence-corrected chi connectivity index (χ0v) is 20.4. The van der Waals surface area contributed by atoms with Crippen molar-refractivity contribution in [2.24, 2.45) is 16.6 Å². The van der Waals surface area contributed by atoms with Crippen molar-refractivity contribution in [2.75, 3.05) is 33.2 Å². The van der Waals surface area contributed by atoms with Gasteiger partial charge in [-0.2, -0.15) is 0 Å². The average Bonchev–Trinajstić information content (AvgIpc) is 3.13. The molecule has 0 spiro atoms. The molecule has 1 amide bonds. The molecule has 0 unspecified atom stereocenters. The third-order valence-corrected chi connectivity index (χ3v) is 5.84. The number of nitrogens with zero attached hydrogens (tertiary/aromatic N) is 3. The Hall–Kier alpha value is -0.940. The lowest BCUT2D eigenvalue weighted by atomic mass is 9.96. The molecule has 1 aliphatic heterocycles. The number of likely N-dealkylation sites (tertiary alicyclic amines) is 1. The number of hydrogen-bond acceptors (Lipinski definition) is 5. The van der Waals surface area contributed by atoms with Crippen LogP contribution in [0.15, 0.2) is 10.4 Å². The molecule has 0 aliphatic carbocycles. The van der Waals surface area contributed by atoms with Crippen LogP contribution in [-0.4, -0.2) is 55.0 Å². The van der Waals surface area contributed by atoms with Gasteiger partial charge in [-0.05, 0) is 51.2 Å². The topological polar surface area (TPSA) is 95.6 Å². The molecule has 1 fully saturated rings. The van der Waals surface area contributed by atoms with Crippen LogP contribution in [0, 0.1) is 5.92 Å². The number of aromatic nitrogens is 1. The first kappa shape index (κ1) is 25.1. The summed E-state index contributed by atoms with van der Waals surface area (Å²) in [6.45, 7) is 8.96. The Labute approximate surface area is 190 Å². The van der Waals surface area contributed by atoms with E-state index in [0.717, 1.165) is 68.5 Å². The zero-order chi connectivity index (χ0) is 19.6. The van der Waals surface area contributed by atoms with Crippen molar-refractivity contribution >= 4 is 47.2 Å². The van der Waals surface area contributed by atoms with Crippen molar-refractivity contribution in [3.63, 3.8) is 0 Å². The van der Waals surface area contributed by atoms with Crippen LogP contribution < -0.4 is 16.4 Å². The van der Waals surface area contributed by atoms with Crippen molar-refractivity contribution < 1.29 is 4.79 Å². The number of amides is 1. The van der Waals surface area contributed by atoms with Gasteiger partial charge in [0.2, 0.25) is 5.91 Å². The van der Waals surface area contributed by atoms with E-state index in [4.69, 9.17) is 5.73 Å². The summed E-state index contributed by atoms with van der Waals surface area (Å²) in [6.07, 6.45) is 4.03. The molecule has 9 heteroatoms. The average molecular weight is 523 g/mol. The Morgan fingerprint density at radius 3 is 2.64 bits per heavy atom. The van der Waals surface area contributed by atoms with Gasteiger partial charge in [-0.15, -0.1) is 35.3 Å². The van der Waals surface area contributed by atoms with Crippen molar-refractivity contribution in [1.29, 1.82) is 0 Å². The highest BCUT2D eigenvalue weighted by Crippen LogP contribution is 2.18. The molecule has 1 aliphatic rings. The van der Waals surface area contributed by atoms with E-state index < -0.39 is 0 Å². The summed E-state index contributed by atoms with van der Waals surface area (Å²) in [5, 5.41) is 9.90. The van der Waals surface area contributed by atoms with Gasteiger partial charge in [0.15, 0.2) is 5.96 Å². The SMILES string of the molecule is CN=C(NCCCCN1CCC(C(N)=O)CC1)NCc1nc(C(C)C)cs1.I. The molecule has 0 aromatic carbocycles.